The molecule has 0 bridgehead atoms. The summed E-state index contributed by atoms with van der Waals surface area (Å²) in [5.74, 6) is 0.206. The number of nitrogens with one attached hydrogen (secondary N) is 1. The highest BCUT2D eigenvalue weighted by atomic mass is 32.2. The van der Waals surface area contributed by atoms with Crippen molar-refractivity contribution < 1.29 is 8.42 Å². The Morgan fingerprint density at radius 1 is 1.15 bits per heavy atom. The molecule has 5 heteroatoms. The van der Waals surface area contributed by atoms with Crippen molar-refractivity contribution in [2.24, 2.45) is 0 Å². The maximum Gasteiger partial charge on any atom is 0.178 e. The number of rotatable bonds is 7. The predicted molar refractivity (Wildman–Crippen MR) is 85.3 cm³/mol. The first-order valence-electron chi connectivity index (χ1n) is 6.69. The van der Waals surface area contributed by atoms with Crippen LogP contribution in [0.1, 0.15) is 18.9 Å². The number of hydrogen-bond donors (Lipinski definition) is 1. The molecule has 1 N–H and O–H groups in total. The molecule has 20 heavy (non-hydrogen) atoms. The van der Waals surface area contributed by atoms with Gasteiger partial charge in [0.05, 0.1) is 10.6 Å². The van der Waals surface area contributed by atoms with Crippen LogP contribution in [0.15, 0.2) is 46.0 Å². The highest BCUT2D eigenvalue weighted by Crippen LogP contribution is 2.16. The Balaban J connectivity index is 1.91. The van der Waals surface area contributed by atoms with Gasteiger partial charge in [0, 0.05) is 12.2 Å². The van der Waals surface area contributed by atoms with Crippen LogP contribution >= 0.6 is 11.3 Å². The van der Waals surface area contributed by atoms with Crippen molar-refractivity contribution in [2.75, 3.05) is 17.6 Å². The van der Waals surface area contributed by atoms with E-state index < -0.39 is 9.84 Å². The minimum absolute atomic E-state index is 0.206. The van der Waals surface area contributed by atoms with Gasteiger partial charge in [0.1, 0.15) is 0 Å². The van der Waals surface area contributed by atoms with E-state index in [2.05, 4.69) is 22.1 Å². The Morgan fingerprint density at radius 3 is 2.50 bits per heavy atom. The topological polar surface area (TPSA) is 46.2 Å². The van der Waals surface area contributed by atoms with Crippen molar-refractivity contribution >= 4 is 26.9 Å². The van der Waals surface area contributed by atoms with Crippen LogP contribution < -0.4 is 5.32 Å². The van der Waals surface area contributed by atoms with Gasteiger partial charge in [-0.05, 0) is 59.5 Å². The lowest BCUT2D eigenvalue weighted by atomic mass is 10.2. The van der Waals surface area contributed by atoms with Crippen LogP contribution in [0, 0.1) is 0 Å². The van der Waals surface area contributed by atoms with E-state index >= 15 is 0 Å². The average Bonchev–Trinajstić information content (AvgIpc) is 2.92. The zero-order valence-electron chi connectivity index (χ0n) is 11.5. The van der Waals surface area contributed by atoms with Crippen LogP contribution in [0.25, 0.3) is 0 Å². The van der Waals surface area contributed by atoms with E-state index in [0.29, 0.717) is 11.3 Å². The van der Waals surface area contributed by atoms with Crippen LogP contribution in [-0.2, 0) is 16.3 Å². The van der Waals surface area contributed by atoms with Crippen LogP contribution in [0.3, 0.4) is 0 Å². The molecule has 0 saturated heterocycles. The van der Waals surface area contributed by atoms with Crippen molar-refractivity contribution in [2.45, 2.75) is 24.7 Å². The molecule has 108 valence electrons. The zero-order chi connectivity index (χ0) is 14.4. The summed E-state index contributed by atoms with van der Waals surface area (Å²) in [7, 11) is -3.11. The lowest BCUT2D eigenvalue weighted by molar-refractivity contribution is 0.595. The Morgan fingerprint density at radius 2 is 1.90 bits per heavy atom. The molecule has 0 unspecified atom stereocenters. The molecule has 0 aliphatic rings. The second-order valence-electron chi connectivity index (χ2n) is 4.65. The Kier molecular flexibility index (Phi) is 5.20. The Bertz CT molecular complexity index is 616. The van der Waals surface area contributed by atoms with Crippen LogP contribution in [0.2, 0.25) is 0 Å². The van der Waals surface area contributed by atoms with Gasteiger partial charge >= 0.3 is 0 Å². The second kappa shape index (κ2) is 6.90. The van der Waals surface area contributed by atoms with Crippen molar-refractivity contribution in [3.63, 3.8) is 0 Å². The van der Waals surface area contributed by atoms with Gasteiger partial charge in [-0.1, -0.05) is 6.92 Å². The quantitative estimate of drug-likeness (QED) is 0.850. The molecule has 1 aromatic heterocycles. The van der Waals surface area contributed by atoms with Gasteiger partial charge in [0.15, 0.2) is 9.84 Å². The first kappa shape index (κ1) is 15.1. The summed E-state index contributed by atoms with van der Waals surface area (Å²) < 4.78 is 23.8. The SMILES string of the molecule is CCCS(=O)(=O)c1ccc(NCCc2ccsc2)cc1. The van der Waals surface area contributed by atoms with Crippen molar-refractivity contribution in [1.29, 1.82) is 0 Å². The van der Waals surface area contributed by atoms with Crippen molar-refractivity contribution in [3.05, 3.63) is 46.7 Å². The molecule has 1 aromatic carbocycles. The Hall–Kier alpha value is -1.33. The summed E-state index contributed by atoms with van der Waals surface area (Å²) in [6.45, 7) is 2.72. The minimum atomic E-state index is -3.11. The maximum atomic E-state index is 11.9. The monoisotopic (exact) mass is 309 g/mol. The van der Waals surface area contributed by atoms with E-state index in [4.69, 9.17) is 0 Å². The molecule has 0 spiro atoms. The number of sulfone groups is 1. The lowest BCUT2D eigenvalue weighted by Gasteiger charge is -2.07. The minimum Gasteiger partial charge on any atom is -0.385 e. The van der Waals surface area contributed by atoms with Gasteiger partial charge in [-0.3, -0.25) is 0 Å². The molecule has 2 rings (SSSR count). The lowest BCUT2D eigenvalue weighted by Crippen LogP contribution is -2.07. The van der Waals surface area contributed by atoms with E-state index in [9.17, 15) is 8.42 Å². The number of hydrogen-bond acceptors (Lipinski definition) is 4. The fourth-order valence-electron chi connectivity index (χ4n) is 1.95. The van der Waals surface area contributed by atoms with E-state index in [1.54, 1.807) is 23.5 Å². The van der Waals surface area contributed by atoms with Gasteiger partial charge < -0.3 is 5.32 Å². The molecule has 2 aromatic rings. The van der Waals surface area contributed by atoms with Crippen molar-refractivity contribution in [1.82, 2.24) is 0 Å². The molecule has 0 aliphatic heterocycles. The second-order valence-corrected chi connectivity index (χ2v) is 7.54. The average molecular weight is 309 g/mol. The molecule has 1 heterocycles. The maximum absolute atomic E-state index is 11.9. The fourth-order valence-corrected chi connectivity index (χ4v) is 3.98. The standard InChI is InChI=1S/C15H19NO2S2/c1-2-11-20(17,18)15-5-3-14(4-6-15)16-9-7-13-8-10-19-12-13/h3-6,8,10,12,16H,2,7,9,11H2,1H3. The molecule has 0 atom stereocenters. The first-order chi connectivity index (χ1) is 9.62. The summed E-state index contributed by atoms with van der Waals surface area (Å²) in [6, 6.07) is 9.13. The fraction of sp³-hybridized carbons (Fsp3) is 0.333. The normalized spacial score (nSPS) is 11.4. The van der Waals surface area contributed by atoms with E-state index in [0.717, 1.165) is 18.7 Å². The van der Waals surface area contributed by atoms with E-state index in [1.165, 1.54) is 5.56 Å². The zero-order valence-corrected chi connectivity index (χ0v) is 13.1. The molecule has 0 radical (unpaired) electrons. The third kappa shape index (κ3) is 4.08. The highest BCUT2D eigenvalue weighted by molar-refractivity contribution is 7.91. The molecule has 0 amide bonds. The van der Waals surface area contributed by atoms with Crippen molar-refractivity contribution in [3.8, 4) is 0 Å². The largest absolute Gasteiger partial charge is 0.385 e. The molecule has 0 saturated carbocycles. The number of anilines is 1. The third-order valence-electron chi connectivity index (χ3n) is 3.01. The van der Waals surface area contributed by atoms with Gasteiger partial charge in [-0.15, -0.1) is 0 Å². The van der Waals surface area contributed by atoms with E-state index in [-0.39, 0.29) is 5.75 Å². The first-order valence-corrected chi connectivity index (χ1v) is 9.29. The summed E-state index contributed by atoms with van der Waals surface area (Å²) >= 11 is 1.70. The van der Waals surface area contributed by atoms with Gasteiger partial charge in [-0.25, -0.2) is 8.42 Å². The van der Waals surface area contributed by atoms with Crippen LogP contribution in [-0.4, -0.2) is 20.7 Å². The molecule has 0 fully saturated rings. The predicted octanol–water partition coefficient (Wildman–Crippen LogP) is 3.59. The Labute approximate surface area is 124 Å². The summed E-state index contributed by atoms with van der Waals surface area (Å²) in [5, 5.41) is 7.52. The molecular formula is C15H19NO2S2. The van der Waals surface area contributed by atoms with Gasteiger partial charge in [0.2, 0.25) is 0 Å². The molecular weight excluding hydrogens is 290 g/mol. The van der Waals surface area contributed by atoms with Gasteiger partial charge in [0.25, 0.3) is 0 Å². The summed E-state index contributed by atoms with van der Waals surface area (Å²) in [5.41, 5.74) is 2.28. The summed E-state index contributed by atoms with van der Waals surface area (Å²) in [6.07, 6.45) is 1.61. The molecule has 0 aliphatic carbocycles. The van der Waals surface area contributed by atoms with Crippen LogP contribution in [0.5, 0.6) is 0 Å². The van der Waals surface area contributed by atoms with Gasteiger partial charge in [-0.2, -0.15) is 11.3 Å². The number of thiophene rings is 1. The van der Waals surface area contributed by atoms with E-state index in [1.807, 2.05) is 19.1 Å². The number of benzene rings is 1. The smallest absolute Gasteiger partial charge is 0.178 e. The third-order valence-corrected chi connectivity index (χ3v) is 5.68. The summed E-state index contributed by atoms with van der Waals surface area (Å²) in [4.78, 5) is 0.405. The highest BCUT2D eigenvalue weighted by Gasteiger charge is 2.12. The molecule has 3 nitrogen and oxygen atoms in total. The van der Waals surface area contributed by atoms with Crippen LogP contribution in [0.4, 0.5) is 5.69 Å².